The predicted molar refractivity (Wildman–Crippen MR) is 76.6 cm³/mol. The highest BCUT2D eigenvalue weighted by Gasteiger charge is 2.03. The monoisotopic (exact) mass is 314 g/mol. The molecule has 0 N–H and O–H groups in total. The molecule has 1 heteroatoms. The lowest BCUT2D eigenvalue weighted by atomic mass is 10.1. The molecule has 0 aromatic heterocycles. The Bertz CT molecular complexity index is 266. The summed E-state index contributed by atoms with van der Waals surface area (Å²) in [7, 11) is 0. The van der Waals surface area contributed by atoms with Crippen LogP contribution in [0.2, 0.25) is 0 Å². The lowest BCUT2D eigenvalue weighted by Gasteiger charge is -2.08. The molecule has 0 aliphatic carbocycles. The van der Waals surface area contributed by atoms with Crippen molar-refractivity contribution in [2.75, 3.05) is 0 Å². The minimum Gasteiger partial charge on any atom is -0.103 e. The van der Waals surface area contributed by atoms with E-state index >= 15 is 0 Å². The Morgan fingerprint density at radius 2 is 1.93 bits per heavy atom. The quantitative estimate of drug-likeness (QED) is 0.294. The lowest BCUT2D eigenvalue weighted by Crippen LogP contribution is -1.99. The second-order valence-corrected chi connectivity index (χ2v) is 5.60. The van der Waals surface area contributed by atoms with E-state index in [1.54, 1.807) is 0 Å². The fourth-order valence-corrected chi connectivity index (χ4v) is 2.35. The first kappa shape index (κ1) is 12.8. The smallest absolute Gasteiger partial charge is 0.0113 e. The van der Waals surface area contributed by atoms with Crippen LogP contribution in [0.15, 0.2) is 43.0 Å². The summed E-state index contributed by atoms with van der Waals surface area (Å²) in [4.78, 5) is 0. The van der Waals surface area contributed by atoms with Gasteiger partial charge in [0, 0.05) is 3.92 Å². The van der Waals surface area contributed by atoms with E-state index in [0.717, 1.165) is 10.3 Å². The number of hydrogen-bond donors (Lipinski definition) is 0. The van der Waals surface area contributed by atoms with E-state index in [-0.39, 0.29) is 0 Å². The molecule has 0 spiro atoms. The van der Waals surface area contributed by atoms with Gasteiger partial charge in [-0.3, -0.25) is 0 Å². The lowest BCUT2D eigenvalue weighted by molar-refractivity contribution is 0.680. The van der Waals surface area contributed by atoms with Gasteiger partial charge in [-0.1, -0.05) is 59.0 Å². The fourth-order valence-electron chi connectivity index (χ4n) is 1.60. The van der Waals surface area contributed by atoms with E-state index in [2.05, 4.69) is 59.5 Å². The van der Waals surface area contributed by atoms with Crippen molar-refractivity contribution in [3.05, 3.63) is 48.6 Å². The molecule has 0 amide bonds. The summed E-state index contributed by atoms with van der Waals surface area (Å²) in [5.41, 5.74) is 1.46. The molecular weight excluding hydrogens is 295 g/mol. The molecule has 0 aliphatic heterocycles. The summed E-state index contributed by atoms with van der Waals surface area (Å²) in [6.45, 7) is 3.75. The Kier molecular flexibility index (Phi) is 6.73. The van der Waals surface area contributed by atoms with Gasteiger partial charge in [0.2, 0.25) is 0 Å². The number of allylic oxidation sites excluding steroid dienone is 1. The Hall–Kier alpha value is -0.310. The Morgan fingerprint density at radius 3 is 2.60 bits per heavy atom. The van der Waals surface area contributed by atoms with E-state index in [0.29, 0.717) is 0 Å². The molecule has 15 heavy (non-hydrogen) atoms. The van der Waals surface area contributed by atoms with E-state index in [9.17, 15) is 0 Å². The third-order valence-electron chi connectivity index (χ3n) is 2.51. The van der Waals surface area contributed by atoms with E-state index in [4.69, 9.17) is 0 Å². The van der Waals surface area contributed by atoms with Crippen LogP contribution >= 0.6 is 22.6 Å². The maximum absolute atomic E-state index is 3.75. The van der Waals surface area contributed by atoms with Crippen LogP contribution in [0.1, 0.15) is 31.2 Å². The van der Waals surface area contributed by atoms with Crippen LogP contribution in [-0.2, 0) is 6.42 Å². The van der Waals surface area contributed by atoms with Crippen molar-refractivity contribution in [3.63, 3.8) is 0 Å². The summed E-state index contributed by atoms with van der Waals surface area (Å²) < 4.78 is 0.808. The van der Waals surface area contributed by atoms with Crippen LogP contribution in [0.4, 0.5) is 0 Å². The number of hydrogen-bond acceptors (Lipinski definition) is 0. The SMILES string of the molecule is C=CCCCC(I)CCc1ccccc1. The third-order valence-corrected chi connectivity index (χ3v) is 3.76. The van der Waals surface area contributed by atoms with Gasteiger partial charge in [0.05, 0.1) is 0 Å². The van der Waals surface area contributed by atoms with Gasteiger partial charge in [-0.2, -0.15) is 0 Å². The standard InChI is InChI=1S/C14H19I/c1-2-3-5-10-14(15)12-11-13-8-6-4-7-9-13/h2,4,6-9,14H,1,3,5,10-12H2. The summed E-state index contributed by atoms with van der Waals surface area (Å²) in [5, 5.41) is 0. The zero-order chi connectivity index (χ0) is 10.9. The zero-order valence-corrected chi connectivity index (χ0v) is 11.3. The molecule has 1 unspecified atom stereocenters. The highest BCUT2D eigenvalue weighted by molar-refractivity contribution is 14.1. The minimum absolute atomic E-state index is 0.808. The molecule has 1 aromatic carbocycles. The number of unbranched alkanes of at least 4 members (excludes halogenated alkanes) is 1. The Balaban J connectivity index is 2.16. The highest BCUT2D eigenvalue weighted by Crippen LogP contribution is 2.17. The largest absolute Gasteiger partial charge is 0.103 e. The summed E-state index contributed by atoms with van der Waals surface area (Å²) in [5.74, 6) is 0. The summed E-state index contributed by atoms with van der Waals surface area (Å²) in [6.07, 6.45) is 8.28. The zero-order valence-electron chi connectivity index (χ0n) is 9.16. The van der Waals surface area contributed by atoms with Crippen LogP contribution < -0.4 is 0 Å². The van der Waals surface area contributed by atoms with Crippen molar-refractivity contribution in [3.8, 4) is 0 Å². The van der Waals surface area contributed by atoms with E-state index in [1.807, 2.05) is 6.08 Å². The number of benzene rings is 1. The van der Waals surface area contributed by atoms with Crippen LogP contribution in [-0.4, -0.2) is 3.92 Å². The first-order valence-electron chi connectivity index (χ1n) is 5.62. The van der Waals surface area contributed by atoms with Gasteiger partial charge in [0.15, 0.2) is 0 Å². The van der Waals surface area contributed by atoms with Crippen LogP contribution in [0.3, 0.4) is 0 Å². The van der Waals surface area contributed by atoms with Crippen molar-refractivity contribution in [1.29, 1.82) is 0 Å². The second-order valence-electron chi connectivity index (χ2n) is 3.84. The van der Waals surface area contributed by atoms with Gasteiger partial charge < -0.3 is 0 Å². The molecule has 0 fully saturated rings. The molecule has 0 aliphatic rings. The van der Waals surface area contributed by atoms with Gasteiger partial charge in [0.25, 0.3) is 0 Å². The van der Waals surface area contributed by atoms with Gasteiger partial charge in [-0.05, 0) is 37.7 Å². The number of aryl methyl sites for hydroxylation is 1. The number of alkyl halides is 1. The number of rotatable bonds is 7. The van der Waals surface area contributed by atoms with Crippen molar-refractivity contribution >= 4 is 22.6 Å². The van der Waals surface area contributed by atoms with Gasteiger partial charge in [-0.25, -0.2) is 0 Å². The third kappa shape index (κ3) is 5.98. The minimum atomic E-state index is 0.808. The summed E-state index contributed by atoms with van der Waals surface area (Å²) >= 11 is 2.57. The predicted octanol–water partition coefficient (Wildman–Crippen LogP) is 4.78. The van der Waals surface area contributed by atoms with Crippen molar-refractivity contribution in [1.82, 2.24) is 0 Å². The molecule has 0 radical (unpaired) electrons. The first-order chi connectivity index (χ1) is 7.33. The van der Waals surface area contributed by atoms with Crippen LogP contribution in [0.25, 0.3) is 0 Å². The number of halogens is 1. The molecule has 0 heterocycles. The van der Waals surface area contributed by atoms with E-state index in [1.165, 1.54) is 31.2 Å². The average molecular weight is 314 g/mol. The average Bonchev–Trinajstić information content (AvgIpc) is 2.28. The van der Waals surface area contributed by atoms with Crippen LogP contribution in [0, 0.1) is 0 Å². The maximum atomic E-state index is 3.75. The van der Waals surface area contributed by atoms with Crippen molar-refractivity contribution in [2.24, 2.45) is 0 Å². The highest BCUT2D eigenvalue weighted by atomic mass is 127. The van der Waals surface area contributed by atoms with Crippen LogP contribution in [0.5, 0.6) is 0 Å². The van der Waals surface area contributed by atoms with Gasteiger partial charge in [0.1, 0.15) is 0 Å². The van der Waals surface area contributed by atoms with Crippen molar-refractivity contribution < 1.29 is 0 Å². The molecule has 0 bridgehead atoms. The Labute approximate surface area is 107 Å². The topological polar surface area (TPSA) is 0 Å². The molecule has 0 saturated heterocycles. The molecule has 1 atom stereocenters. The molecule has 0 saturated carbocycles. The maximum Gasteiger partial charge on any atom is 0.0113 e. The molecular formula is C14H19I. The molecule has 1 aromatic rings. The molecule has 1 rings (SSSR count). The normalized spacial score (nSPS) is 12.3. The molecule has 82 valence electrons. The van der Waals surface area contributed by atoms with E-state index < -0.39 is 0 Å². The fraction of sp³-hybridized carbons (Fsp3) is 0.429. The van der Waals surface area contributed by atoms with Gasteiger partial charge >= 0.3 is 0 Å². The van der Waals surface area contributed by atoms with Crippen molar-refractivity contribution in [2.45, 2.75) is 36.0 Å². The Morgan fingerprint density at radius 1 is 1.20 bits per heavy atom. The van der Waals surface area contributed by atoms with Gasteiger partial charge in [-0.15, -0.1) is 6.58 Å². The second kappa shape index (κ2) is 7.91. The summed E-state index contributed by atoms with van der Waals surface area (Å²) in [6, 6.07) is 10.7. The molecule has 0 nitrogen and oxygen atoms in total. The first-order valence-corrected chi connectivity index (χ1v) is 6.86.